The first-order chi connectivity index (χ1) is 10.0. The van der Waals surface area contributed by atoms with Crippen molar-refractivity contribution in [2.24, 2.45) is 0 Å². The van der Waals surface area contributed by atoms with Gasteiger partial charge >= 0.3 is 5.97 Å². The third kappa shape index (κ3) is 3.00. The lowest BCUT2D eigenvalue weighted by atomic mass is 9.91. The van der Waals surface area contributed by atoms with Gasteiger partial charge in [0.25, 0.3) is 0 Å². The molecule has 0 spiro atoms. The highest BCUT2D eigenvalue weighted by Gasteiger charge is 2.30. The van der Waals surface area contributed by atoms with Crippen molar-refractivity contribution < 1.29 is 9.90 Å². The maximum absolute atomic E-state index is 11.3. The van der Waals surface area contributed by atoms with E-state index >= 15 is 0 Å². The van der Waals surface area contributed by atoms with Crippen LogP contribution in [0.15, 0.2) is 18.2 Å². The molecule has 0 amide bonds. The molecule has 2 N–H and O–H groups in total. The summed E-state index contributed by atoms with van der Waals surface area (Å²) in [5.41, 5.74) is 1.39. The molecule has 1 heterocycles. The fourth-order valence-corrected chi connectivity index (χ4v) is 3.95. The molecular formula is C14H12Cl2N2O2S. The molecule has 3 rings (SSSR count). The molecule has 1 aliphatic rings. The number of aliphatic carboxylic acids is 1. The molecule has 1 aliphatic carbocycles. The van der Waals surface area contributed by atoms with Gasteiger partial charge in [-0.05, 0) is 37.5 Å². The predicted octanol–water partition coefficient (Wildman–Crippen LogP) is 4.70. The van der Waals surface area contributed by atoms with Gasteiger partial charge in [0.05, 0.1) is 16.4 Å². The van der Waals surface area contributed by atoms with Gasteiger partial charge in [0.1, 0.15) is 5.92 Å². The van der Waals surface area contributed by atoms with Crippen LogP contribution in [0.4, 0.5) is 10.8 Å². The Hall–Kier alpha value is -1.30. The van der Waals surface area contributed by atoms with Crippen LogP contribution in [0.2, 0.25) is 10.0 Å². The number of benzene rings is 1. The number of carboxylic acids is 1. The molecule has 0 saturated carbocycles. The summed E-state index contributed by atoms with van der Waals surface area (Å²) in [5.74, 6) is -1.31. The molecule has 1 aromatic carbocycles. The van der Waals surface area contributed by atoms with Crippen molar-refractivity contribution in [3.05, 3.63) is 38.8 Å². The van der Waals surface area contributed by atoms with Crippen molar-refractivity contribution in [2.75, 3.05) is 5.32 Å². The van der Waals surface area contributed by atoms with Gasteiger partial charge in [0.2, 0.25) is 0 Å². The summed E-state index contributed by atoms with van der Waals surface area (Å²) in [7, 11) is 0. The number of thiazole rings is 1. The Balaban J connectivity index is 1.89. The maximum Gasteiger partial charge on any atom is 0.312 e. The molecule has 21 heavy (non-hydrogen) atoms. The highest BCUT2D eigenvalue weighted by molar-refractivity contribution is 7.15. The number of carbonyl (C=O) groups is 1. The van der Waals surface area contributed by atoms with E-state index in [-0.39, 0.29) is 0 Å². The standard InChI is InChI=1S/C14H12Cl2N2O2S/c15-7-4-5-10(9(16)6-7)17-14-18-12-8(13(19)20)2-1-3-11(12)21-14/h4-6,8H,1-3H2,(H,17,18)(H,19,20). The van der Waals surface area contributed by atoms with E-state index in [4.69, 9.17) is 23.2 Å². The summed E-state index contributed by atoms with van der Waals surface area (Å²) in [6.45, 7) is 0. The number of hydrogen-bond donors (Lipinski definition) is 2. The second-order valence-electron chi connectivity index (χ2n) is 4.86. The van der Waals surface area contributed by atoms with Crippen LogP contribution < -0.4 is 5.32 Å². The van der Waals surface area contributed by atoms with Gasteiger partial charge in [-0.3, -0.25) is 4.79 Å². The topological polar surface area (TPSA) is 62.2 Å². The normalized spacial score (nSPS) is 17.3. The fourth-order valence-electron chi connectivity index (χ4n) is 2.42. The average molecular weight is 343 g/mol. The minimum absolute atomic E-state index is 0.499. The van der Waals surface area contributed by atoms with Gasteiger partial charge < -0.3 is 10.4 Å². The van der Waals surface area contributed by atoms with Gasteiger partial charge in [-0.25, -0.2) is 4.98 Å². The lowest BCUT2D eigenvalue weighted by molar-refractivity contribution is -0.139. The van der Waals surface area contributed by atoms with Crippen LogP contribution >= 0.6 is 34.5 Å². The fraction of sp³-hybridized carbons (Fsp3) is 0.286. The van der Waals surface area contributed by atoms with Crippen LogP contribution in [0.1, 0.15) is 29.3 Å². The van der Waals surface area contributed by atoms with Crippen molar-refractivity contribution in [1.82, 2.24) is 4.98 Å². The highest BCUT2D eigenvalue weighted by atomic mass is 35.5. The first kappa shape index (κ1) is 14.6. The van der Waals surface area contributed by atoms with E-state index < -0.39 is 11.9 Å². The van der Waals surface area contributed by atoms with Crippen LogP contribution in [0, 0.1) is 0 Å². The third-order valence-corrected chi connectivity index (χ3v) is 5.02. The third-order valence-electron chi connectivity index (χ3n) is 3.43. The summed E-state index contributed by atoms with van der Waals surface area (Å²) in [4.78, 5) is 16.8. The predicted molar refractivity (Wildman–Crippen MR) is 85.2 cm³/mol. The zero-order valence-electron chi connectivity index (χ0n) is 10.9. The second-order valence-corrected chi connectivity index (χ2v) is 6.79. The molecule has 0 fully saturated rings. The molecule has 7 heteroatoms. The minimum Gasteiger partial charge on any atom is -0.481 e. The van der Waals surface area contributed by atoms with E-state index in [1.54, 1.807) is 18.2 Å². The first-order valence-corrected chi connectivity index (χ1v) is 8.06. The summed E-state index contributed by atoms with van der Waals surface area (Å²) < 4.78 is 0. The Morgan fingerprint density at radius 1 is 1.43 bits per heavy atom. The van der Waals surface area contributed by atoms with Gasteiger partial charge in [0, 0.05) is 9.90 Å². The van der Waals surface area contributed by atoms with Gasteiger partial charge in [-0.15, -0.1) is 11.3 Å². The number of nitrogens with zero attached hydrogens (tertiary/aromatic N) is 1. The number of fused-ring (bicyclic) bond motifs is 1. The number of rotatable bonds is 3. The maximum atomic E-state index is 11.3. The summed E-state index contributed by atoms with van der Waals surface area (Å²) >= 11 is 13.5. The summed E-state index contributed by atoms with van der Waals surface area (Å²) in [6.07, 6.45) is 2.41. The smallest absolute Gasteiger partial charge is 0.312 e. The quantitative estimate of drug-likeness (QED) is 0.848. The Kier molecular flexibility index (Phi) is 4.06. The van der Waals surface area contributed by atoms with E-state index in [1.807, 2.05) is 0 Å². The molecular weight excluding hydrogens is 331 g/mol. The lowest BCUT2D eigenvalue weighted by Gasteiger charge is -2.16. The summed E-state index contributed by atoms with van der Waals surface area (Å²) in [6, 6.07) is 5.17. The molecule has 0 radical (unpaired) electrons. The lowest BCUT2D eigenvalue weighted by Crippen LogP contribution is -2.17. The van der Waals surface area contributed by atoms with Gasteiger partial charge in [-0.1, -0.05) is 23.2 Å². The number of anilines is 2. The molecule has 0 saturated heterocycles. The van der Waals surface area contributed by atoms with Crippen LogP contribution in [-0.2, 0) is 11.2 Å². The van der Waals surface area contributed by atoms with Crippen molar-refractivity contribution in [3.63, 3.8) is 0 Å². The SMILES string of the molecule is O=C(O)C1CCCc2sc(Nc3ccc(Cl)cc3Cl)nc21. The van der Waals surface area contributed by atoms with Gasteiger partial charge in [-0.2, -0.15) is 0 Å². The van der Waals surface area contributed by atoms with Crippen molar-refractivity contribution >= 4 is 51.3 Å². The monoisotopic (exact) mass is 342 g/mol. The first-order valence-electron chi connectivity index (χ1n) is 6.49. The van der Waals surface area contributed by atoms with Crippen LogP contribution in [0.25, 0.3) is 0 Å². The van der Waals surface area contributed by atoms with E-state index in [9.17, 15) is 9.90 Å². The molecule has 1 aromatic heterocycles. The Morgan fingerprint density at radius 3 is 2.95 bits per heavy atom. The Bertz CT molecular complexity index is 702. The van der Waals surface area contributed by atoms with E-state index in [1.165, 1.54) is 11.3 Å². The van der Waals surface area contributed by atoms with E-state index in [2.05, 4.69) is 10.3 Å². The molecule has 0 aliphatic heterocycles. The molecule has 110 valence electrons. The zero-order valence-corrected chi connectivity index (χ0v) is 13.2. The van der Waals surface area contributed by atoms with Crippen molar-refractivity contribution in [2.45, 2.75) is 25.2 Å². The largest absolute Gasteiger partial charge is 0.481 e. The number of aromatic nitrogens is 1. The molecule has 1 atom stereocenters. The molecule has 1 unspecified atom stereocenters. The second kappa shape index (κ2) is 5.83. The molecule has 4 nitrogen and oxygen atoms in total. The minimum atomic E-state index is -0.808. The zero-order chi connectivity index (χ0) is 15.0. The van der Waals surface area contributed by atoms with Crippen LogP contribution in [-0.4, -0.2) is 16.1 Å². The van der Waals surface area contributed by atoms with Crippen LogP contribution in [0.3, 0.4) is 0 Å². The van der Waals surface area contributed by atoms with E-state index in [0.717, 1.165) is 17.7 Å². The van der Waals surface area contributed by atoms with Crippen molar-refractivity contribution in [3.8, 4) is 0 Å². The molecule has 0 bridgehead atoms. The van der Waals surface area contributed by atoms with Crippen LogP contribution in [0.5, 0.6) is 0 Å². The number of aryl methyl sites for hydroxylation is 1. The van der Waals surface area contributed by atoms with Gasteiger partial charge in [0.15, 0.2) is 5.13 Å². The number of halogens is 2. The highest BCUT2D eigenvalue weighted by Crippen LogP contribution is 2.38. The number of carboxylic acid groups (broad SMARTS) is 1. The number of hydrogen-bond acceptors (Lipinski definition) is 4. The number of nitrogens with one attached hydrogen (secondary N) is 1. The molecule has 2 aromatic rings. The summed E-state index contributed by atoms with van der Waals surface area (Å²) in [5, 5.41) is 14.1. The Labute approximate surface area is 135 Å². The average Bonchev–Trinajstić information content (AvgIpc) is 2.83. The van der Waals surface area contributed by atoms with E-state index in [0.29, 0.717) is 33.0 Å². The Morgan fingerprint density at radius 2 is 2.24 bits per heavy atom. The van der Waals surface area contributed by atoms with Crippen molar-refractivity contribution in [1.29, 1.82) is 0 Å².